The van der Waals surface area contributed by atoms with Gasteiger partial charge in [0.2, 0.25) is 11.8 Å². The van der Waals surface area contributed by atoms with Crippen LogP contribution in [0.2, 0.25) is 5.02 Å². The van der Waals surface area contributed by atoms with Gasteiger partial charge in [0.15, 0.2) is 5.78 Å². The zero-order chi connectivity index (χ0) is 25.9. The van der Waals surface area contributed by atoms with Crippen LogP contribution in [-0.4, -0.2) is 55.9 Å². The molecular weight excluding hydrogens is 479 g/mol. The van der Waals surface area contributed by atoms with E-state index in [1.54, 1.807) is 19.9 Å². The number of aromatic carboxylic acids is 1. The molecule has 2 amide bonds. The van der Waals surface area contributed by atoms with Crippen LogP contribution < -0.4 is 5.32 Å². The molecule has 35 heavy (non-hydrogen) atoms. The number of fused-ring (bicyclic) bond motifs is 1. The van der Waals surface area contributed by atoms with Crippen LogP contribution in [0.1, 0.15) is 47.2 Å². The number of nitrogens with zero attached hydrogens (tertiary/aromatic N) is 3. The van der Waals surface area contributed by atoms with E-state index in [9.17, 15) is 28.7 Å². The number of aromatic nitrogens is 2. The van der Waals surface area contributed by atoms with Crippen LogP contribution in [-0.2, 0) is 22.7 Å². The third-order valence-electron chi connectivity index (χ3n) is 5.38. The van der Waals surface area contributed by atoms with Crippen LogP contribution in [0.5, 0.6) is 0 Å². The normalized spacial score (nSPS) is 11.0. The smallest absolute Gasteiger partial charge is 0.335 e. The molecule has 3 aromatic rings. The molecule has 11 heteroatoms. The SMILES string of the molecule is CC(=O)c1nn(CC(=O)N(CC(=O)NCc2cccc(Cl)c2F)C(C)C)c2ccc(C(=O)O)cc12. The molecule has 0 spiro atoms. The van der Waals surface area contributed by atoms with Crippen molar-refractivity contribution in [2.24, 2.45) is 0 Å². The second kappa shape index (κ2) is 10.6. The molecule has 9 nitrogen and oxygen atoms in total. The quantitative estimate of drug-likeness (QED) is 0.433. The molecule has 1 heterocycles. The van der Waals surface area contributed by atoms with Crippen LogP contribution in [0.3, 0.4) is 0 Å². The monoisotopic (exact) mass is 502 g/mol. The van der Waals surface area contributed by atoms with Gasteiger partial charge in [0.05, 0.1) is 22.6 Å². The number of hydrogen-bond acceptors (Lipinski definition) is 5. The third-order valence-corrected chi connectivity index (χ3v) is 5.67. The van der Waals surface area contributed by atoms with E-state index in [0.717, 1.165) is 0 Å². The topological polar surface area (TPSA) is 122 Å². The predicted molar refractivity (Wildman–Crippen MR) is 127 cm³/mol. The molecule has 0 bridgehead atoms. The maximum atomic E-state index is 14.1. The highest BCUT2D eigenvalue weighted by molar-refractivity contribution is 6.30. The fourth-order valence-corrected chi connectivity index (χ4v) is 3.75. The lowest BCUT2D eigenvalue weighted by Crippen LogP contribution is -2.45. The van der Waals surface area contributed by atoms with E-state index >= 15 is 0 Å². The summed E-state index contributed by atoms with van der Waals surface area (Å²) in [7, 11) is 0. The minimum atomic E-state index is -1.15. The molecule has 0 atom stereocenters. The highest BCUT2D eigenvalue weighted by atomic mass is 35.5. The molecule has 2 aromatic carbocycles. The van der Waals surface area contributed by atoms with Gasteiger partial charge in [-0.3, -0.25) is 19.1 Å². The molecule has 3 rings (SSSR count). The lowest BCUT2D eigenvalue weighted by atomic mass is 10.1. The first-order chi connectivity index (χ1) is 16.5. The summed E-state index contributed by atoms with van der Waals surface area (Å²) in [6.07, 6.45) is 0. The molecule has 0 unspecified atom stereocenters. The number of benzene rings is 2. The maximum absolute atomic E-state index is 14.1. The number of carboxylic acid groups (broad SMARTS) is 1. The zero-order valence-corrected chi connectivity index (χ0v) is 20.1. The molecule has 0 aliphatic rings. The van der Waals surface area contributed by atoms with Gasteiger partial charge in [-0.05, 0) is 38.1 Å². The van der Waals surface area contributed by atoms with Gasteiger partial charge >= 0.3 is 5.97 Å². The number of halogens is 2. The summed E-state index contributed by atoms with van der Waals surface area (Å²) < 4.78 is 15.4. The van der Waals surface area contributed by atoms with Crippen LogP contribution in [0.4, 0.5) is 4.39 Å². The van der Waals surface area contributed by atoms with Gasteiger partial charge in [-0.1, -0.05) is 23.7 Å². The van der Waals surface area contributed by atoms with E-state index in [1.165, 1.54) is 46.8 Å². The van der Waals surface area contributed by atoms with Crippen molar-refractivity contribution in [2.45, 2.75) is 39.9 Å². The predicted octanol–water partition coefficient (Wildman–Crippen LogP) is 3.28. The first-order valence-corrected chi connectivity index (χ1v) is 11.1. The Kier molecular flexibility index (Phi) is 7.85. The van der Waals surface area contributed by atoms with Crippen molar-refractivity contribution >= 4 is 46.1 Å². The molecule has 184 valence electrons. The third kappa shape index (κ3) is 5.83. The Morgan fingerprint density at radius 3 is 2.54 bits per heavy atom. The number of ketones is 1. The van der Waals surface area contributed by atoms with Crippen LogP contribution in [0, 0.1) is 5.82 Å². The summed E-state index contributed by atoms with van der Waals surface area (Å²) in [5, 5.41) is 16.3. The minimum absolute atomic E-state index is 0.0116. The lowest BCUT2D eigenvalue weighted by Gasteiger charge is -2.26. The molecule has 0 aliphatic carbocycles. The number of carbonyl (C=O) groups is 4. The summed E-state index contributed by atoms with van der Waals surface area (Å²) in [4.78, 5) is 50.3. The average Bonchev–Trinajstić information content (AvgIpc) is 3.16. The van der Waals surface area contributed by atoms with Gasteiger partial charge in [0, 0.05) is 30.5 Å². The molecular formula is C24H24ClFN4O5. The Labute approximate surface area is 205 Å². The van der Waals surface area contributed by atoms with Gasteiger partial charge < -0.3 is 15.3 Å². The van der Waals surface area contributed by atoms with Gasteiger partial charge in [-0.2, -0.15) is 5.10 Å². The van der Waals surface area contributed by atoms with E-state index in [2.05, 4.69) is 10.4 Å². The van der Waals surface area contributed by atoms with Gasteiger partial charge in [0.25, 0.3) is 0 Å². The number of nitrogens with one attached hydrogen (secondary N) is 1. The standard InChI is InChI=1S/C24H24ClFN4O5/c1-13(2)29(11-20(32)27-10-16-5-4-6-18(25)22(16)26)21(33)12-30-19-8-7-15(24(34)35)9-17(19)23(28-30)14(3)31/h4-9,13H,10-12H2,1-3H3,(H,27,32)(H,34,35). The van der Waals surface area contributed by atoms with Crippen molar-refractivity contribution in [3.63, 3.8) is 0 Å². The Morgan fingerprint density at radius 1 is 1.20 bits per heavy atom. The first-order valence-electron chi connectivity index (χ1n) is 10.7. The number of rotatable bonds is 9. The van der Waals surface area contributed by atoms with Crippen molar-refractivity contribution in [3.05, 3.63) is 64.1 Å². The minimum Gasteiger partial charge on any atom is -0.478 e. The van der Waals surface area contributed by atoms with Gasteiger partial charge in [-0.25, -0.2) is 9.18 Å². The van der Waals surface area contributed by atoms with Crippen molar-refractivity contribution in [1.82, 2.24) is 20.0 Å². The molecule has 2 N–H and O–H groups in total. The van der Waals surface area contributed by atoms with Crippen molar-refractivity contribution in [1.29, 1.82) is 0 Å². The zero-order valence-electron chi connectivity index (χ0n) is 19.3. The first kappa shape index (κ1) is 25.8. The Hall–Kier alpha value is -3.79. The highest BCUT2D eigenvalue weighted by Gasteiger charge is 2.23. The Bertz CT molecular complexity index is 1320. The number of hydrogen-bond donors (Lipinski definition) is 2. The summed E-state index contributed by atoms with van der Waals surface area (Å²) in [5.74, 6) is -3.08. The number of carboxylic acids is 1. The van der Waals surface area contributed by atoms with Crippen molar-refractivity contribution in [3.8, 4) is 0 Å². The number of amides is 2. The summed E-state index contributed by atoms with van der Waals surface area (Å²) in [6, 6.07) is 8.31. The fraction of sp³-hybridized carbons (Fsp3) is 0.292. The molecule has 0 radical (unpaired) electrons. The van der Waals surface area contributed by atoms with Crippen LogP contribution in [0.25, 0.3) is 10.9 Å². The van der Waals surface area contributed by atoms with Crippen LogP contribution in [0.15, 0.2) is 36.4 Å². The van der Waals surface area contributed by atoms with Crippen molar-refractivity contribution in [2.75, 3.05) is 6.54 Å². The van der Waals surface area contributed by atoms with Gasteiger partial charge in [-0.15, -0.1) is 0 Å². The maximum Gasteiger partial charge on any atom is 0.335 e. The fourth-order valence-electron chi connectivity index (χ4n) is 3.56. The molecule has 0 aliphatic heterocycles. The van der Waals surface area contributed by atoms with E-state index in [0.29, 0.717) is 10.9 Å². The van der Waals surface area contributed by atoms with Gasteiger partial charge in [0.1, 0.15) is 18.1 Å². The second-order valence-corrected chi connectivity index (χ2v) is 8.61. The van der Waals surface area contributed by atoms with E-state index in [4.69, 9.17) is 11.6 Å². The van der Waals surface area contributed by atoms with Crippen molar-refractivity contribution < 1.29 is 28.7 Å². The summed E-state index contributed by atoms with van der Waals surface area (Å²) in [5.41, 5.74) is 0.669. The number of carbonyl (C=O) groups excluding carboxylic acids is 3. The highest BCUT2D eigenvalue weighted by Crippen LogP contribution is 2.22. The Balaban J connectivity index is 1.77. The summed E-state index contributed by atoms with van der Waals surface area (Å²) >= 11 is 5.76. The largest absolute Gasteiger partial charge is 0.478 e. The molecule has 1 aromatic heterocycles. The van der Waals surface area contributed by atoms with E-state index in [1.807, 2.05) is 0 Å². The lowest BCUT2D eigenvalue weighted by molar-refractivity contribution is -0.138. The number of Topliss-reactive ketones (excluding diaryl/α,β-unsaturated/α-hetero) is 1. The molecule has 0 saturated carbocycles. The summed E-state index contributed by atoms with van der Waals surface area (Å²) in [6.45, 7) is 4.13. The molecule has 0 fully saturated rings. The Morgan fingerprint density at radius 2 is 1.91 bits per heavy atom. The van der Waals surface area contributed by atoms with Crippen LogP contribution >= 0.6 is 11.6 Å². The second-order valence-electron chi connectivity index (χ2n) is 8.20. The average molecular weight is 503 g/mol. The van der Waals surface area contributed by atoms with E-state index < -0.39 is 23.6 Å². The molecule has 0 saturated heterocycles. The van der Waals surface area contributed by atoms with E-state index in [-0.39, 0.29) is 53.3 Å².